The summed E-state index contributed by atoms with van der Waals surface area (Å²) in [6.45, 7) is 3.22. The van der Waals surface area contributed by atoms with Crippen molar-refractivity contribution in [3.63, 3.8) is 0 Å². The number of rotatable bonds is 8. The molecule has 0 radical (unpaired) electrons. The number of aromatic nitrogens is 1. The smallest absolute Gasteiger partial charge is 0.288 e. The lowest BCUT2D eigenvalue weighted by Crippen LogP contribution is -2.23. The number of nitro groups is 1. The highest BCUT2D eigenvalue weighted by atomic mass is 32.2. The van der Waals surface area contributed by atoms with Gasteiger partial charge in [-0.05, 0) is 24.0 Å². The second kappa shape index (κ2) is 8.83. The van der Waals surface area contributed by atoms with Gasteiger partial charge in [0.25, 0.3) is 5.69 Å². The van der Waals surface area contributed by atoms with Crippen LogP contribution in [0.3, 0.4) is 0 Å². The molecule has 1 aromatic carbocycles. The summed E-state index contributed by atoms with van der Waals surface area (Å²) < 4.78 is 24.2. The van der Waals surface area contributed by atoms with Crippen LogP contribution in [-0.4, -0.2) is 24.2 Å². The van der Waals surface area contributed by atoms with E-state index in [1.807, 2.05) is 0 Å². The van der Waals surface area contributed by atoms with Gasteiger partial charge < -0.3 is 5.32 Å². The van der Waals surface area contributed by atoms with Gasteiger partial charge in [-0.3, -0.25) is 14.9 Å². The average Bonchev–Trinajstić information content (AvgIpc) is 3.39. The molecular formula is C19H21N3O5S2. The number of sulfone groups is 1. The monoisotopic (exact) mass is 435 g/mol. The second-order valence-corrected chi connectivity index (χ2v) is 9.72. The minimum Gasteiger partial charge on any atom is -0.301 e. The van der Waals surface area contributed by atoms with E-state index in [4.69, 9.17) is 0 Å². The lowest BCUT2D eigenvalue weighted by atomic mass is 9.87. The Kier molecular flexibility index (Phi) is 6.43. The third-order valence-corrected chi connectivity index (χ3v) is 7.22. The molecule has 1 aliphatic rings. The maximum atomic E-state index is 13.0. The maximum absolute atomic E-state index is 13.0. The largest absolute Gasteiger partial charge is 0.301 e. The highest BCUT2D eigenvalue weighted by Gasteiger charge is 2.31. The molecule has 2 aromatic rings. The molecule has 0 saturated heterocycles. The van der Waals surface area contributed by atoms with E-state index >= 15 is 0 Å². The molecule has 0 bridgehead atoms. The van der Waals surface area contributed by atoms with E-state index in [1.54, 1.807) is 11.6 Å². The number of hydrogen-bond acceptors (Lipinski definition) is 7. The molecule has 3 rings (SSSR count). The Labute approximate surface area is 172 Å². The fraction of sp³-hybridized carbons (Fsp3) is 0.368. The highest BCUT2D eigenvalue weighted by molar-refractivity contribution is 7.94. The van der Waals surface area contributed by atoms with Gasteiger partial charge in [-0.25, -0.2) is 13.4 Å². The van der Waals surface area contributed by atoms with Gasteiger partial charge in [0.1, 0.15) is 4.90 Å². The molecule has 1 unspecified atom stereocenters. The molecular weight excluding hydrogens is 414 g/mol. The van der Waals surface area contributed by atoms with Gasteiger partial charge in [-0.2, -0.15) is 0 Å². The Morgan fingerprint density at radius 3 is 2.72 bits per heavy atom. The summed E-state index contributed by atoms with van der Waals surface area (Å²) in [5, 5.41) is 17.2. The molecule has 0 aliphatic heterocycles. The number of hydrogen-bond donors (Lipinski definition) is 1. The fourth-order valence-electron chi connectivity index (χ4n) is 3.68. The van der Waals surface area contributed by atoms with Gasteiger partial charge >= 0.3 is 0 Å². The van der Waals surface area contributed by atoms with Crippen molar-refractivity contribution in [2.75, 3.05) is 5.32 Å². The first kappa shape index (κ1) is 21.1. The molecule has 1 N–H and O–H groups in total. The summed E-state index contributed by atoms with van der Waals surface area (Å²) in [5.74, 6) is -0.598. The van der Waals surface area contributed by atoms with E-state index in [1.165, 1.54) is 29.5 Å². The number of anilines is 1. The number of benzene rings is 1. The second-order valence-electron chi connectivity index (χ2n) is 6.96. The molecule has 10 heteroatoms. The Balaban J connectivity index is 1.99. The molecule has 8 nitrogen and oxygen atoms in total. The third-order valence-electron chi connectivity index (χ3n) is 5.13. The fourth-order valence-corrected chi connectivity index (χ4v) is 5.07. The third kappa shape index (κ3) is 4.88. The number of carbonyl (C=O) groups is 1. The normalized spacial score (nSPS) is 15.7. The summed E-state index contributed by atoms with van der Waals surface area (Å²) in [5.41, 5.74) is -0.137. The van der Waals surface area contributed by atoms with E-state index < -0.39 is 31.3 Å². The number of nitrogens with zero attached hydrogens (tertiary/aromatic N) is 2. The van der Waals surface area contributed by atoms with Gasteiger partial charge in [-0.15, -0.1) is 11.3 Å². The van der Waals surface area contributed by atoms with Crippen LogP contribution in [0.15, 0.2) is 46.7 Å². The van der Waals surface area contributed by atoms with E-state index in [9.17, 15) is 23.3 Å². The van der Waals surface area contributed by atoms with Crippen molar-refractivity contribution in [1.82, 2.24) is 4.98 Å². The number of carbonyl (C=O) groups excluding carboxylic acids is 1. The summed E-state index contributed by atoms with van der Waals surface area (Å²) in [6, 6.07) is 3.85. The SMILES string of the molecule is C=CS(=O)(=O)c1ccc(C(CC2CCCC2)C(=O)Nc2nccs2)cc1[N+](=O)[O-]. The standard InChI is InChI=1S/C19H21N3O5S2/c1-2-29(26,27)17-8-7-14(12-16(17)22(24)25)15(11-13-5-3-4-6-13)18(23)21-19-20-9-10-28-19/h2,7-10,12-13,15H,1,3-6,11H2,(H,20,21,23). The van der Waals surface area contributed by atoms with Crippen molar-refractivity contribution in [1.29, 1.82) is 0 Å². The molecule has 1 aliphatic carbocycles. The quantitative estimate of drug-likeness (QED) is 0.488. The van der Waals surface area contributed by atoms with Crippen LogP contribution in [0.25, 0.3) is 0 Å². The van der Waals surface area contributed by atoms with Crippen LogP contribution in [0.4, 0.5) is 10.8 Å². The maximum Gasteiger partial charge on any atom is 0.288 e. The summed E-state index contributed by atoms with van der Waals surface area (Å²) in [7, 11) is -3.99. The number of nitro benzene ring substituents is 1. The van der Waals surface area contributed by atoms with Crippen LogP contribution in [0.1, 0.15) is 43.6 Å². The van der Waals surface area contributed by atoms with E-state index in [-0.39, 0.29) is 5.91 Å². The lowest BCUT2D eigenvalue weighted by molar-refractivity contribution is -0.387. The Bertz CT molecular complexity index is 1010. The van der Waals surface area contributed by atoms with Gasteiger partial charge in [0, 0.05) is 23.1 Å². The van der Waals surface area contributed by atoms with Gasteiger partial charge in [0.15, 0.2) is 5.13 Å². The van der Waals surface area contributed by atoms with Crippen LogP contribution >= 0.6 is 11.3 Å². The van der Waals surface area contributed by atoms with Crippen LogP contribution in [0, 0.1) is 16.0 Å². The van der Waals surface area contributed by atoms with Crippen LogP contribution < -0.4 is 5.32 Å². The number of amides is 1. The predicted molar refractivity (Wildman–Crippen MR) is 111 cm³/mol. The molecule has 1 aromatic heterocycles. The first-order chi connectivity index (χ1) is 13.8. The van der Waals surface area contributed by atoms with Crippen molar-refractivity contribution in [2.45, 2.75) is 42.9 Å². The van der Waals surface area contributed by atoms with Gasteiger partial charge in [0.05, 0.1) is 10.8 Å². The Morgan fingerprint density at radius 1 is 1.41 bits per heavy atom. The van der Waals surface area contributed by atoms with Crippen molar-refractivity contribution in [3.8, 4) is 0 Å². The molecule has 0 spiro atoms. The first-order valence-electron chi connectivity index (χ1n) is 9.18. The summed E-state index contributed by atoms with van der Waals surface area (Å²) in [6.07, 6.45) is 6.33. The number of thiazole rings is 1. The van der Waals surface area contributed by atoms with Gasteiger partial charge in [0.2, 0.25) is 15.7 Å². The lowest BCUT2D eigenvalue weighted by Gasteiger charge is -2.20. The summed E-state index contributed by atoms with van der Waals surface area (Å²) >= 11 is 1.28. The summed E-state index contributed by atoms with van der Waals surface area (Å²) in [4.78, 5) is 27.4. The molecule has 1 atom stereocenters. The van der Waals surface area contributed by atoms with Crippen molar-refractivity contribution in [2.24, 2.45) is 5.92 Å². The Morgan fingerprint density at radius 2 is 2.14 bits per heavy atom. The van der Waals surface area contributed by atoms with E-state index in [2.05, 4.69) is 16.9 Å². The minimum atomic E-state index is -3.99. The minimum absolute atomic E-state index is 0.305. The molecule has 1 fully saturated rings. The van der Waals surface area contributed by atoms with Crippen molar-refractivity contribution in [3.05, 3.63) is 57.4 Å². The van der Waals surface area contributed by atoms with Crippen molar-refractivity contribution < 1.29 is 18.1 Å². The molecule has 154 valence electrons. The van der Waals surface area contributed by atoms with Crippen molar-refractivity contribution >= 4 is 37.9 Å². The molecule has 29 heavy (non-hydrogen) atoms. The first-order valence-corrected chi connectivity index (χ1v) is 11.6. The van der Waals surface area contributed by atoms with E-state index in [0.29, 0.717) is 28.4 Å². The topological polar surface area (TPSA) is 119 Å². The zero-order chi connectivity index (χ0) is 21.0. The average molecular weight is 436 g/mol. The molecule has 1 amide bonds. The number of nitrogens with one attached hydrogen (secondary N) is 1. The molecule has 1 heterocycles. The highest BCUT2D eigenvalue weighted by Crippen LogP contribution is 2.37. The van der Waals surface area contributed by atoms with E-state index in [0.717, 1.165) is 25.7 Å². The zero-order valence-electron chi connectivity index (χ0n) is 15.6. The van der Waals surface area contributed by atoms with Crippen LogP contribution in [0.2, 0.25) is 0 Å². The van der Waals surface area contributed by atoms with Crippen LogP contribution in [0.5, 0.6) is 0 Å². The van der Waals surface area contributed by atoms with Crippen LogP contribution in [-0.2, 0) is 14.6 Å². The van der Waals surface area contributed by atoms with Gasteiger partial charge in [-0.1, -0.05) is 38.3 Å². The molecule has 1 saturated carbocycles. The zero-order valence-corrected chi connectivity index (χ0v) is 17.2. The Hall–Kier alpha value is -2.59. The predicted octanol–water partition coefficient (Wildman–Crippen LogP) is 4.27.